The van der Waals surface area contributed by atoms with Crippen molar-refractivity contribution < 1.29 is 4.79 Å². The van der Waals surface area contributed by atoms with Crippen LogP contribution in [0.4, 0.5) is 5.13 Å². The highest BCUT2D eigenvalue weighted by Gasteiger charge is 2.23. The molecule has 2 aromatic heterocycles. The Morgan fingerprint density at radius 1 is 1.23 bits per heavy atom. The van der Waals surface area contributed by atoms with E-state index in [1.165, 1.54) is 5.56 Å². The third-order valence-corrected chi connectivity index (χ3v) is 5.29. The molecule has 0 unspecified atom stereocenters. The highest BCUT2D eigenvalue weighted by molar-refractivity contribution is 7.22. The van der Waals surface area contributed by atoms with Gasteiger partial charge in [0, 0.05) is 19.8 Å². The van der Waals surface area contributed by atoms with Crippen molar-refractivity contribution in [1.29, 1.82) is 0 Å². The standard InChI is InChI=1S/C19H25N5OS/c1-5-14-7-8-15-17(13-14)26-19(20-15)24(11-6-10-22(2)3)18(25)16-9-12-23(4)21-16/h7-9,12-13H,5-6,10-11H2,1-4H3. The molecule has 1 amide bonds. The summed E-state index contributed by atoms with van der Waals surface area (Å²) >= 11 is 1.57. The van der Waals surface area contributed by atoms with Crippen molar-refractivity contribution >= 4 is 32.6 Å². The zero-order chi connectivity index (χ0) is 18.7. The summed E-state index contributed by atoms with van der Waals surface area (Å²) in [5.41, 5.74) is 2.67. The van der Waals surface area contributed by atoms with Crippen LogP contribution in [0, 0.1) is 0 Å². The fourth-order valence-electron chi connectivity index (χ4n) is 2.79. The highest BCUT2D eigenvalue weighted by Crippen LogP contribution is 2.30. The molecule has 3 rings (SSSR count). The normalized spacial score (nSPS) is 11.4. The van der Waals surface area contributed by atoms with Gasteiger partial charge in [0.2, 0.25) is 0 Å². The average Bonchev–Trinajstić information content (AvgIpc) is 3.23. The van der Waals surface area contributed by atoms with Gasteiger partial charge in [-0.3, -0.25) is 14.4 Å². The second kappa shape index (κ2) is 7.97. The van der Waals surface area contributed by atoms with Gasteiger partial charge in [-0.2, -0.15) is 5.10 Å². The molecule has 0 fully saturated rings. The van der Waals surface area contributed by atoms with Gasteiger partial charge in [-0.25, -0.2) is 4.98 Å². The van der Waals surface area contributed by atoms with Crippen LogP contribution >= 0.6 is 11.3 Å². The van der Waals surface area contributed by atoms with Crippen molar-refractivity contribution in [3.8, 4) is 0 Å². The molecule has 0 spiro atoms. The number of amides is 1. The molecule has 0 aliphatic carbocycles. The number of aryl methyl sites for hydroxylation is 2. The van der Waals surface area contributed by atoms with Crippen LogP contribution in [-0.2, 0) is 13.5 Å². The van der Waals surface area contributed by atoms with Crippen LogP contribution in [0.5, 0.6) is 0 Å². The summed E-state index contributed by atoms with van der Waals surface area (Å²) in [6, 6.07) is 8.06. The minimum Gasteiger partial charge on any atom is -0.309 e. The summed E-state index contributed by atoms with van der Waals surface area (Å²) in [6.07, 6.45) is 3.65. The maximum atomic E-state index is 13.0. The van der Waals surface area contributed by atoms with Gasteiger partial charge in [0.25, 0.3) is 5.91 Å². The van der Waals surface area contributed by atoms with E-state index in [0.717, 1.165) is 34.7 Å². The van der Waals surface area contributed by atoms with Crippen LogP contribution in [0.3, 0.4) is 0 Å². The smallest absolute Gasteiger partial charge is 0.280 e. The van der Waals surface area contributed by atoms with E-state index >= 15 is 0 Å². The molecule has 138 valence electrons. The summed E-state index contributed by atoms with van der Waals surface area (Å²) in [6.45, 7) is 3.67. The van der Waals surface area contributed by atoms with Crippen LogP contribution in [0.1, 0.15) is 29.4 Å². The molecule has 0 saturated carbocycles. The van der Waals surface area contributed by atoms with Crippen molar-refractivity contribution in [2.24, 2.45) is 7.05 Å². The van der Waals surface area contributed by atoms with Crippen LogP contribution in [0.15, 0.2) is 30.5 Å². The molecule has 0 N–H and O–H groups in total. The minimum atomic E-state index is -0.0980. The van der Waals surface area contributed by atoms with Gasteiger partial charge < -0.3 is 4.90 Å². The van der Waals surface area contributed by atoms with E-state index in [1.807, 2.05) is 27.2 Å². The summed E-state index contributed by atoms with van der Waals surface area (Å²) in [4.78, 5) is 21.6. The Balaban J connectivity index is 1.92. The first-order chi connectivity index (χ1) is 12.5. The Morgan fingerprint density at radius 3 is 2.69 bits per heavy atom. The average molecular weight is 372 g/mol. The number of hydrogen-bond donors (Lipinski definition) is 0. The van der Waals surface area contributed by atoms with Crippen LogP contribution in [-0.4, -0.2) is 52.8 Å². The molecule has 0 aliphatic rings. The summed E-state index contributed by atoms with van der Waals surface area (Å²) in [5.74, 6) is -0.0980. The van der Waals surface area contributed by atoms with E-state index in [1.54, 1.807) is 33.2 Å². The van der Waals surface area contributed by atoms with Gasteiger partial charge in [-0.1, -0.05) is 24.3 Å². The van der Waals surface area contributed by atoms with Crippen molar-refractivity contribution in [2.45, 2.75) is 19.8 Å². The highest BCUT2D eigenvalue weighted by atomic mass is 32.1. The monoisotopic (exact) mass is 371 g/mol. The number of carbonyl (C=O) groups excluding carboxylic acids is 1. The minimum absolute atomic E-state index is 0.0980. The summed E-state index contributed by atoms with van der Waals surface area (Å²) in [5, 5.41) is 5.01. The Hall–Kier alpha value is -2.25. The van der Waals surface area contributed by atoms with E-state index in [0.29, 0.717) is 12.2 Å². The molecular formula is C19H25N5OS. The first-order valence-corrected chi connectivity index (χ1v) is 9.65. The Morgan fingerprint density at radius 2 is 2.04 bits per heavy atom. The lowest BCUT2D eigenvalue weighted by atomic mass is 10.2. The van der Waals surface area contributed by atoms with Gasteiger partial charge in [0.1, 0.15) is 0 Å². The number of carbonyl (C=O) groups is 1. The summed E-state index contributed by atoms with van der Waals surface area (Å²) in [7, 11) is 5.89. The molecule has 0 saturated heterocycles. The van der Waals surface area contributed by atoms with Gasteiger partial charge >= 0.3 is 0 Å². The number of benzene rings is 1. The van der Waals surface area contributed by atoms with Gasteiger partial charge in [-0.15, -0.1) is 0 Å². The van der Waals surface area contributed by atoms with E-state index in [4.69, 9.17) is 4.98 Å². The topological polar surface area (TPSA) is 54.3 Å². The molecule has 1 aromatic carbocycles. The molecule has 0 bridgehead atoms. The number of thiazole rings is 1. The second-order valence-electron chi connectivity index (χ2n) is 6.64. The quantitative estimate of drug-likeness (QED) is 0.640. The van der Waals surface area contributed by atoms with Gasteiger partial charge in [0.05, 0.1) is 10.2 Å². The van der Waals surface area contributed by atoms with Crippen molar-refractivity contribution in [2.75, 3.05) is 32.1 Å². The Bertz CT molecular complexity index is 898. The van der Waals surface area contributed by atoms with Crippen molar-refractivity contribution in [1.82, 2.24) is 19.7 Å². The largest absolute Gasteiger partial charge is 0.309 e. The number of nitrogens with zero attached hydrogens (tertiary/aromatic N) is 5. The number of anilines is 1. The van der Waals surface area contributed by atoms with E-state index in [9.17, 15) is 4.79 Å². The molecule has 3 aromatic rings. The molecule has 0 atom stereocenters. The third kappa shape index (κ3) is 4.11. The maximum Gasteiger partial charge on any atom is 0.280 e. The SMILES string of the molecule is CCc1ccc2nc(N(CCCN(C)C)C(=O)c3ccn(C)n3)sc2c1. The molecule has 0 radical (unpaired) electrons. The number of hydrogen-bond acceptors (Lipinski definition) is 5. The first-order valence-electron chi connectivity index (χ1n) is 8.83. The van der Waals surface area contributed by atoms with Crippen LogP contribution < -0.4 is 4.90 Å². The van der Waals surface area contributed by atoms with E-state index < -0.39 is 0 Å². The molecular weight excluding hydrogens is 346 g/mol. The first kappa shape index (κ1) is 18.5. The molecule has 0 aliphatic heterocycles. The van der Waals surface area contributed by atoms with Crippen molar-refractivity contribution in [3.63, 3.8) is 0 Å². The van der Waals surface area contributed by atoms with E-state index in [-0.39, 0.29) is 5.91 Å². The van der Waals surface area contributed by atoms with Gasteiger partial charge in [-0.05, 0) is 57.2 Å². The number of fused-ring (bicyclic) bond motifs is 1. The van der Waals surface area contributed by atoms with Crippen LogP contribution in [0.25, 0.3) is 10.2 Å². The zero-order valence-corrected chi connectivity index (χ0v) is 16.6. The lowest BCUT2D eigenvalue weighted by molar-refractivity contribution is 0.0980. The Kier molecular flexibility index (Phi) is 5.68. The van der Waals surface area contributed by atoms with Crippen molar-refractivity contribution in [3.05, 3.63) is 41.7 Å². The third-order valence-electron chi connectivity index (χ3n) is 4.25. The zero-order valence-electron chi connectivity index (χ0n) is 15.8. The fourth-order valence-corrected chi connectivity index (χ4v) is 3.84. The Labute approximate surface area is 158 Å². The fraction of sp³-hybridized carbons (Fsp3) is 0.421. The predicted molar refractivity (Wildman–Crippen MR) is 107 cm³/mol. The molecule has 26 heavy (non-hydrogen) atoms. The predicted octanol–water partition coefficient (Wildman–Crippen LogP) is 3.19. The maximum absolute atomic E-state index is 13.0. The second-order valence-corrected chi connectivity index (χ2v) is 7.65. The van der Waals surface area contributed by atoms with E-state index in [2.05, 4.69) is 29.1 Å². The number of rotatable bonds is 7. The number of aromatic nitrogens is 3. The molecule has 6 nitrogen and oxygen atoms in total. The van der Waals surface area contributed by atoms with Gasteiger partial charge in [0.15, 0.2) is 10.8 Å². The lowest BCUT2D eigenvalue weighted by Crippen LogP contribution is -2.33. The summed E-state index contributed by atoms with van der Waals surface area (Å²) < 4.78 is 2.77. The lowest BCUT2D eigenvalue weighted by Gasteiger charge is -2.20. The van der Waals surface area contributed by atoms with Crippen LogP contribution in [0.2, 0.25) is 0 Å². The molecule has 2 heterocycles. The molecule has 7 heteroatoms.